The molecule has 4 atom stereocenters. The molecule has 2 aliphatic carbocycles. The Bertz CT molecular complexity index is 239. The zero-order valence-electron chi connectivity index (χ0n) is 11.0. The van der Waals surface area contributed by atoms with Gasteiger partial charge in [0.1, 0.15) is 0 Å². The lowest BCUT2D eigenvalue weighted by molar-refractivity contribution is 0.0105. The smallest absolute Gasteiger partial charge is 0.0623 e. The molecule has 94 valence electrons. The number of methoxy groups -OCH3 is 1. The van der Waals surface area contributed by atoms with Crippen LogP contribution in [0.5, 0.6) is 0 Å². The Hall–Kier alpha value is -0.0800. The van der Waals surface area contributed by atoms with Crippen molar-refractivity contribution in [3.63, 3.8) is 0 Å². The average Bonchev–Trinajstić information content (AvgIpc) is 2.87. The van der Waals surface area contributed by atoms with Crippen LogP contribution in [0.4, 0.5) is 0 Å². The molecule has 0 aromatic heterocycles. The molecule has 0 saturated heterocycles. The summed E-state index contributed by atoms with van der Waals surface area (Å²) in [4.78, 5) is 0. The SMILES string of the molecule is COC(C)(C)CCC(N)C1CC2CCC1C2. The van der Waals surface area contributed by atoms with Crippen LogP contribution in [0.1, 0.15) is 52.4 Å². The monoisotopic (exact) mass is 225 g/mol. The molecule has 2 heteroatoms. The van der Waals surface area contributed by atoms with Crippen molar-refractivity contribution in [1.82, 2.24) is 0 Å². The van der Waals surface area contributed by atoms with Gasteiger partial charge in [0.25, 0.3) is 0 Å². The Labute approximate surface area is 99.9 Å². The highest BCUT2D eigenvalue weighted by atomic mass is 16.5. The first-order valence-corrected chi connectivity index (χ1v) is 6.82. The Morgan fingerprint density at radius 1 is 1.31 bits per heavy atom. The van der Waals surface area contributed by atoms with Crippen molar-refractivity contribution >= 4 is 0 Å². The molecule has 0 radical (unpaired) electrons. The molecule has 0 aromatic carbocycles. The summed E-state index contributed by atoms with van der Waals surface area (Å²) in [5, 5.41) is 0. The lowest BCUT2D eigenvalue weighted by atomic mass is 9.81. The molecule has 2 bridgehead atoms. The molecule has 0 spiro atoms. The van der Waals surface area contributed by atoms with Gasteiger partial charge in [-0.05, 0) is 63.7 Å². The van der Waals surface area contributed by atoms with Gasteiger partial charge in [-0.1, -0.05) is 6.42 Å². The maximum Gasteiger partial charge on any atom is 0.0623 e. The number of hydrogen-bond acceptors (Lipinski definition) is 2. The first-order chi connectivity index (χ1) is 7.52. The number of hydrogen-bond donors (Lipinski definition) is 1. The first kappa shape index (κ1) is 12.4. The van der Waals surface area contributed by atoms with E-state index in [1.165, 1.54) is 25.7 Å². The second-order valence-electron chi connectivity index (χ2n) is 6.51. The fraction of sp³-hybridized carbons (Fsp3) is 1.00. The second kappa shape index (κ2) is 4.66. The van der Waals surface area contributed by atoms with E-state index >= 15 is 0 Å². The average molecular weight is 225 g/mol. The molecule has 0 aromatic rings. The van der Waals surface area contributed by atoms with Crippen molar-refractivity contribution in [3.8, 4) is 0 Å². The summed E-state index contributed by atoms with van der Waals surface area (Å²) in [6.45, 7) is 4.31. The summed E-state index contributed by atoms with van der Waals surface area (Å²) in [6.07, 6.45) is 7.98. The van der Waals surface area contributed by atoms with Gasteiger partial charge in [0.15, 0.2) is 0 Å². The van der Waals surface area contributed by atoms with Gasteiger partial charge >= 0.3 is 0 Å². The van der Waals surface area contributed by atoms with Crippen LogP contribution in [0.3, 0.4) is 0 Å². The van der Waals surface area contributed by atoms with Crippen LogP contribution in [0.15, 0.2) is 0 Å². The van der Waals surface area contributed by atoms with Crippen molar-refractivity contribution in [2.45, 2.75) is 64.0 Å². The summed E-state index contributed by atoms with van der Waals surface area (Å²) in [6, 6.07) is 0.407. The Morgan fingerprint density at radius 2 is 2.06 bits per heavy atom. The van der Waals surface area contributed by atoms with E-state index in [-0.39, 0.29) is 5.60 Å². The van der Waals surface area contributed by atoms with Crippen LogP contribution < -0.4 is 5.73 Å². The van der Waals surface area contributed by atoms with E-state index in [4.69, 9.17) is 10.5 Å². The summed E-state index contributed by atoms with van der Waals surface area (Å²) >= 11 is 0. The first-order valence-electron chi connectivity index (χ1n) is 6.82. The third-order valence-corrected chi connectivity index (χ3v) is 4.98. The fourth-order valence-electron chi connectivity index (χ4n) is 3.65. The largest absolute Gasteiger partial charge is 0.379 e. The molecule has 2 rings (SSSR count). The van der Waals surface area contributed by atoms with Crippen LogP contribution in [-0.2, 0) is 4.74 Å². The number of rotatable bonds is 5. The fourth-order valence-corrected chi connectivity index (χ4v) is 3.65. The molecule has 4 unspecified atom stereocenters. The summed E-state index contributed by atoms with van der Waals surface area (Å²) < 4.78 is 5.46. The minimum Gasteiger partial charge on any atom is -0.379 e. The highest BCUT2D eigenvalue weighted by Gasteiger charge is 2.42. The van der Waals surface area contributed by atoms with Gasteiger partial charge in [-0.2, -0.15) is 0 Å². The van der Waals surface area contributed by atoms with Gasteiger partial charge in [-0.3, -0.25) is 0 Å². The zero-order chi connectivity index (χ0) is 11.8. The normalized spacial score (nSPS) is 35.6. The molecule has 16 heavy (non-hydrogen) atoms. The van der Waals surface area contributed by atoms with Gasteiger partial charge in [-0.15, -0.1) is 0 Å². The molecule has 2 N–H and O–H groups in total. The Balaban J connectivity index is 1.78. The number of nitrogens with two attached hydrogens (primary N) is 1. The predicted octanol–water partition coefficient (Wildman–Crippen LogP) is 2.96. The van der Waals surface area contributed by atoms with Crippen LogP contribution in [0.25, 0.3) is 0 Å². The van der Waals surface area contributed by atoms with E-state index in [1.54, 1.807) is 7.11 Å². The third-order valence-electron chi connectivity index (χ3n) is 4.98. The van der Waals surface area contributed by atoms with Gasteiger partial charge in [0.2, 0.25) is 0 Å². The minimum absolute atomic E-state index is 0.00472. The second-order valence-corrected chi connectivity index (χ2v) is 6.51. The summed E-state index contributed by atoms with van der Waals surface area (Å²) in [5.41, 5.74) is 6.37. The van der Waals surface area contributed by atoms with Crippen molar-refractivity contribution in [1.29, 1.82) is 0 Å². The lowest BCUT2D eigenvalue weighted by Crippen LogP contribution is -2.36. The van der Waals surface area contributed by atoms with Crippen LogP contribution in [0.2, 0.25) is 0 Å². The standard InChI is InChI=1S/C14H27NO/c1-14(2,16-3)7-6-13(15)12-9-10-4-5-11(12)8-10/h10-13H,4-9,15H2,1-3H3. The number of fused-ring (bicyclic) bond motifs is 2. The van der Waals surface area contributed by atoms with Gasteiger partial charge < -0.3 is 10.5 Å². The van der Waals surface area contributed by atoms with E-state index in [9.17, 15) is 0 Å². The quantitative estimate of drug-likeness (QED) is 0.780. The van der Waals surface area contributed by atoms with Crippen LogP contribution in [-0.4, -0.2) is 18.8 Å². The van der Waals surface area contributed by atoms with E-state index in [2.05, 4.69) is 13.8 Å². The predicted molar refractivity (Wildman–Crippen MR) is 67.2 cm³/mol. The number of ether oxygens (including phenoxy) is 1. The van der Waals surface area contributed by atoms with Gasteiger partial charge in [-0.25, -0.2) is 0 Å². The van der Waals surface area contributed by atoms with E-state index < -0.39 is 0 Å². The molecular formula is C14H27NO. The molecule has 2 saturated carbocycles. The van der Waals surface area contributed by atoms with Crippen molar-refractivity contribution in [3.05, 3.63) is 0 Å². The molecular weight excluding hydrogens is 198 g/mol. The third kappa shape index (κ3) is 2.60. The van der Waals surface area contributed by atoms with E-state index in [0.29, 0.717) is 6.04 Å². The Kier molecular flexibility index (Phi) is 3.60. The summed E-state index contributed by atoms with van der Waals surface area (Å²) in [5.74, 6) is 2.77. The summed E-state index contributed by atoms with van der Waals surface area (Å²) in [7, 11) is 1.79. The molecule has 0 amide bonds. The maximum absolute atomic E-state index is 6.37. The highest BCUT2D eigenvalue weighted by molar-refractivity contribution is 4.94. The molecule has 2 aliphatic rings. The molecule has 0 aliphatic heterocycles. The van der Waals surface area contributed by atoms with E-state index in [0.717, 1.165) is 30.6 Å². The van der Waals surface area contributed by atoms with E-state index in [1.807, 2.05) is 0 Å². The van der Waals surface area contributed by atoms with Crippen molar-refractivity contribution in [2.75, 3.05) is 7.11 Å². The maximum atomic E-state index is 6.37. The molecule has 0 heterocycles. The molecule has 2 fully saturated rings. The van der Waals surface area contributed by atoms with Crippen LogP contribution in [0, 0.1) is 17.8 Å². The van der Waals surface area contributed by atoms with Crippen LogP contribution >= 0.6 is 0 Å². The van der Waals surface area contributed by atoms with Crippen molar-refractivity contribution in [2.24, 2.45) is 23.5 Å². The topological polar surface area (TPSA) is 35.2 Å². The minimum atomic E-state index is -0.00472. The lowest BCUT2D eigenvalue weighted by Gasteiger charge is -2.30. The zero-order valence-corrected chi connectivity index (χ0v) is 11.0. The molecule has 2 nitrogen and oxygen atoms in total. The van der Waals surface area contributed by atoms with Gasteiger partial charge in [0.05, 0.1) is 5.60 Å². The van der Waals surface area contributed by atoms with Crippen molar-refractivity contribution < 1.29 is 4.74 Å². The Morgan fingerprint density at radius 3 is 2.56 bits per heavy atom. The highest BCUT2D eigenvalue weighted by Crippen LogP contribution is 2.49. The van der Waals surface area contributed by atoms with Gasteiger partial charge in [0, 0.05) is 13.2 Å².